The SMILES string of the molecule is C=C(O)c1cc(F)ccc1C. The van der Waals surface area contributed by atoms with Gasteiger partial charge in [0.1, 0.15) is 11.6 Å². The molecule has 0 radical (unpaired) electrons. The van der Waals surface area contributed by atoms with Gasteiger partial charge in [0.05, 0.1) is 0 Å². The molecule has 58 valence electrons. The van der Waals surface area contributed by atoms with Crippen LogP contribution in [0.3, 0.4) is 0 Å². The molecule has 0 aliphatic rings. The third-order valence-electron chi connectivity index (χ3n) is 1.51. The van der Waals surface area contributed by atoms with Gasteiger partial charge in [0.25, 0.3) is 0 Å². The van der Waals surface area contributed by atoms with Gasteiger partial charge in [-0.05, 0) is 24.6 Å². The van der Waals surface area contributed by atoms with E-state index in [1.807, 2.05) is 0 Å². The quantitative estimate of drug-likeness (QED) is 0.613. The maximum Gasteiger partial charge on any atom is 0.123 e. The molecule has 1 aromatic carbocycles. The maximum atomic E-state index is 12.6. The molecule has 0 spiro atoms. The number of benzene rings is 1. The Morgan fingerprint density at radius 3 is 2.64 bits per heavy atom. The Hall–Kier alpha value is -1.31. The average molecular weight is 152 g/mol. The molecule has 1 aromatic rings. The van der Waals surface area contributed by atoms with Crippen LogP contribution in [0.25, 0.3) is 5.76 Å². The van der Waals surface area contributed by atoms with E-state index in [2.05, 4.69) is 6.58 Å². The molecule has 0 bridgehead atoms. The second-order valence-corrected chi connectivity index (χ2v) is 2.41. The van der Waals surface area contributed by atoms with E-state index in [4.69, 9.17) is 5.11 Å². The Morgan fingerprint density at radius 1 is 1.55 bits per heavy atom. The lowest BCUT2D eigenvalue weighted by Gasteiger charge is -2.02. The van der Waals surface area contributed by atoms with Crippen LogP contribution in [0.4, 0.5) is 4.39 Å². The summed E-state index contributed by atoms with van der Waals surface area (Å²) in [5.41, 5.74) is 1.28. The predicted molar refractivity (Wildman–Crippen MR) is 42.8 cm³/mol. The fraction of sp³-hybridized carbons (Fsp3) is 0.111. The minimum Gasteiger partial charge on any atom is -0.508 e. The van der Waals surface area contributed by atoms with Crippen LogP contribution in [0.5, 0.6) is 0 Å². The highest BCUT2D eigenvalue weighted by atomic mass is 19.1. The zero-order valence-electron chi connectivity index (χ0n) is 6.26. The van der Waals surface area contributed by atoms with Gasteiger partial charge in [-0.15, -0.1) is 0 Å². The second kappa shape index (κ2) is 2.74. The Bertz CT molecular complexity index is 292. The topological polar surface area (TPSA) is 20.2 Å². The van der Waals surface area contributed by atoms with Gasteiger partial charge in [0.2, 0.25) is 0 Å². The number of hydrogen-bond donors (Lipinski definition) is 1. The maximum absolute atomic E-state index is 12.6. The highest BCUT2D eigenvalue weighted by Crippen LogP contribution is 2.15. The largest absolute Gasteiger partial charge is 0.508 e. The lowest BCUT2D eigenvalue weighted by Crippen LogP contribution is -1.87. The van der Waals surface area contributed by atoms with Gasteiger partial charge in [0.15, 0.2) is 0 Å². The van der Waals surface area contributed by atoms with Crippen LogP contribution in [0.15, 0.2) is 24.8 Å². The van der Waals surface area contributed by atoms with Gasteiger partial charge in [-0.1, -0.05) is 12.6 Å². The number of aliphatic hydroxyl groups excluding tert-OH is 1. The van der Waals surface area contributed by atoms with Gasteiger partial charge >= 0.3 is 0 Å². The molecule has 0 saturated heterocycles. The number of aryl methyl sites for hydroxylation is 1. The first-order valence-electron chi connectivity index (χ1n) is 3.25. The number of hydrogen-bond acceptors (Lipinski definition) is 1. The molecule has 0 fully saturated rings. The number of halogens is 1. The van der Waals surface area contributed by atoms with E-state index < -0.39 is 0 Å². The molecular formula is C9H9FO. The molecule has 0 saturated carbocycles. The lowest BCUT2D eigenvalue weighted by atomic mass is 10.1. The van der Waals surface area contributed by atoms with E-state index in [-0.39, 0.29) is 11.6 Å². The summed E-state index contributed by atoms with van der Waals surface area (Å²) in [4.78, 5) is 0. The van der Waals surface area contributed by atoms with E-state index in [1.165, 1.54) is 12.1 Å². The van der Waals surface area contributed by atoms with Gasteiger partial charge in [-0.3, -0.25) is 0 Å². The summed E-state index contributed by atoms with van der Waals surface area (Å²) in [5, 5.41) is 8.97. The molecule has 0 unspecified atom stereocenters. The lowest BCUT2D eigenvalue weighted by molar-refractivity contribution is 0.512. The Morgan fingerprint density at radius 2 is 2.18 bits per heavy atom. The van der Waals surface area contributed by atoms with Crippen molar-refractivity contribution in [1.29, 1.82) is 0 Å². The summed E-state index contributed by atoms with van der Waals surface area (Å²) in [6, 6.07) is 4.21. The minimum absolute atomic E-state index is 0.0954. The summed E-state index contributed by atoms with van der Waals surface area (Å²) in [6.45, 7) is 5.10. The van der Waals surface area contributed by atoms with E-state index in [0.29, 0.717) is 5.56 Å². The first-order chi connectivity index (χ1) is 5.11. The summed E-state index contributed by atoms with van der Waals surface area (Å²) in [6.07, 6.45) is 0. The fourth-order valence-electron chi connectivity index (χ4n) is 0.905. The van der Waals surface area contributed by atoms with Gasteiger partial charge in [-0.2, -0.15) is 0 Å². The fourth-order valence-corrected chi connectivity index (χ4v) is 0.905. The zero-order chi connectivity index (χ0) is 8.43. The second-order valence-electron chi connectivity index (χ2n) is 2.41. The van der Waals surface area contributed by atoms with Crippen molar-refractivity contribution in [3.05, 3.63) is 41.7 Å². The molecule has 0 amide bonds. The summed E-state index contributed by atoms with van der Waals surface area (Å²) < 4.78 is 12.6. The molecule has 11 heavy (non-hydrogen) atoms. The summed E-state index contributed by atoms with van der Waals surface area (Å²) in [5.74, 6) is -0.456. The van der Waals surface area contributed by atoms with Crippen molar-refractivity contribution in [3.8, 4) is 0 Å². The third-order valence-corrected chi connectivity index (χ3v) is 1.51. The molecule has 1 N–H and O–H groups in total. The molecular weight excluding hydrogens is 143 g/mol. The smallest absolute Gasteiger partial charge is 0.123 e. The Kier molecular flexibility index (Phi) is 1.94. The van der Waals surface area contributed by atoms with Crippen molar-refractivity contribution < 1.29 is 9.50 Å². The van der Waals surface area contributed by atoms with Crippen molar-refractivity contribution in [1.82, 2.24) is 0 Å². The van der Waals surface area contributed by atoms with Crippen LogP contribution in [0, 0.1) is 12.7 Å². The summed E-state index contributed by atoms with van der Waals surface area (Å²) >= 11 is 0. The van der Waals surface area contributed by atoms with E-state index in [1.54, 1.807) is 13.0 Å². The third kappa shape index (κ3) is 1.58. The van der Waals surface area contributed by atoms with E-state index >= 15 is 0 Å². The monoisotopic (exact) mass is 152 g/mol. The van der Waals surface area contributed by atoms with Crippen molar-refractivity contribution in [2.75, 3.05) is 0 Å². The number of rotatable bonds is 1. The Balaban J connectivity index is 3.23. The van der Waals surface area contributed by atoms with Crippen molar-refractivity contribution in [3.63, 3.8) is 0 Å². The van der Waals surface area contributed by atoms with E-state index in [9.17, 15) is 4.39 Å². The normalized spacial score (nSPS) is 9.64. The Labute approximate surface area is 64.8 Å². The highest BCUT2D eigenvalue weighted by Gasteiger charge is 2.01. The zero-order valence-corrected chi connectivity index (χ0v) is 6.26. The summed E-state index contributed by atoms with van der Waals surface area (Å²) in [7, 11) is 0. The molecule has 0 aliphatic carbocycles. The molecule has 2 heteroatoms. The van der Waals surface area contributed by atoms with Crippen LogP contribution in [0.1, 0.15) is 11.1 Å². The van der Waals surface area contributed by atoms with Crippen LogP contribution >= 0.6 is 0 Å². The van der Waals surface area contributed by atoms with Crippen LogP contribution in [0.2, 0.25) is 0 Å². The van der Waals surface area contributed by atoms with Crippen LogP contribution in [-0.4, -0.2) is 5.11 Å². The van der Waals surface area contributed by atoms with Gasteiger partial charge < -0.3 is 5.11 Å². The van der Waals surface area contributed by atoms with Crippen LogP contribution in [-0.2, 0) is 0 Å². The standard InChI is InChI=1S/C9H9FO/c1-6-3-4-8(10)5-9(6)7(2)11/h3-5,11H,2H2,1H3. The molecule has 1 rings (SSSR count). The molecule has 1 nitrogen and oxygen atoms in total. The van der Waals surface area contributed by atoms with E-state index in [0.717, 1.165) is 5.56 Å². The molecule has 0 aliphatic heterocycles. The first kappa shape index (κ1) is 7.79. The molecule has 0 atom stereocenters. The average Bonchev–Trinajstić information content (AvgIpc) is 1.94. The molecule has 0 aromatic heterocycles. The van der Waals surface area contributed by atoms with Crippen LogP contribution < -0.4 is 0 Å². The van der Waals surface area contributed by atoms with Gasteiger partial charge in [0, 0.05) is 5.56 Å². The highest BCUT2D eigenvalue weighted by molar-refractivity contribution is 5.59. The minimum atomic E-state index is -0.360. The van der Waals surface area contributed by atoms with Gasteiger partial charge in [-0.25, -0.2) is 4.39 Å². The predicted octanol–water partition coefficient (Wildman–Crippen LogP) is 2.66. The number of aliphatic hydroxyl groups is 1. The molecule has 0 heterocycles. The van der Waals surface area contributed by atoms with Crippen molar-refractivity contribution in [2.24, 2.45) is 0 Å². The first-order valence-corrected chi connectivity index (χ1v) is 3.25. The van der Waals surface area contributed by atoms with Crippen molar-refractivity contribution >= 4 is 5.76 Å². The van der Waals surface area contributed by atoms with Crippen molar-refractivity contribution in [2.45, 2.75) is 6.92 Å².